The Morgan fingerprint density at radius 3 is 2.58 bits per heavy atom. The van der Waals surface area contributed by atoms with Crippen LogP contribution in [0.2, 0.25) is 0 Å². The van der Waals surface area contributed by atoms with Crippen LogP contribution in [0.1, 0.15) is 24.9 Å². The van der Waals surface area contributed by atoms with Crippen LogP contribution in [0.15, 0.2) is 13.6 Å². The summed E-state index contributed by atoms with van der Waals surface area (Å²) in [6.07, 6.45) is -3.77. The molecule has 0 bridgehead atoms. The second-order valence-electron chi connectivity index (χ2n) is 3.85. The zero-order chi connectivity index (χ0) is 14.5. The zero-order valence-electron chi connectivity index (χ0n) is 10.2. The lowest BCUT2D eigenvalue weighted by molar-refractivity contribution is -0.174. The number of ether oxygens (including phenoxy) is 1. The minimum atomic E-state index is -4.26. The van der Waals surface area contributed by atoms with Gasteiger partial charge >= 0.3 is 6.18 Å². The molecular formula is C11H14Br2F3NOS. The van der Waals surface area contributed by atoms with Gasteiger partial charge in [-0.3, -0.25) is 0 Å². The smallest absolute Gasteiger partial charge is 0.372 e. The lowest BCUT2D eigenvalue weighted by Gasteiger charge is -2.18. The first-order valence-corrected chi connectivity index (χ1v) is 8.06. The van der Waals surface area contributed by atoms with Gasteiger partial charge in [-0.05, 0) is 56.5 Å². The van der Waals surface area contributed by atoms with Gasteiger partial charge < -0.3 is 10.1 Å². The largest absolute Gasteiger partial charge is 0.411 e. The van der Waals surface area contributed by atoms with Gasteiger partial charge in [-0.2, -0.15) is 13.2 Å². The van der Waals surface area contributed by atoms with Crippen molar-refractivity contribution in [2.75, 3.05) is 19.8 Å². The summed E-state index contributed by atoms with van der Waals surface area (Å²) in [5.74, 6) is 0. The van der Waals surface area contributed by atoms with E-state index in [1.807, 2.05) is 13.0 Å². The molecule has 1 unspecified atom stereocenters. The van der Waals surface area contributed by atoms with Crippen LogP contribution in [0.3, 0.4) is 0 Å². The fourth-order valence-corrected chi connectivity index (χ4v) is 4.57. The zero-order valence-corrected chi connectivity index (χ0v) is 14.2. The van der Waals surface area contributed by atoms with Crippen molar-refractivity contribution < 1.29 is 17.9 Å². The Bertz CT molecular complexity index is 398. The van der Waals surface area contributed by atoms with E-state index in [1.54, 1.807) is 0 Å². The maximum absolute atomic E-state index is 12.0. The van der Waals surface area contributed by atoms with Gasteiger partial charge in [0.15, 0.2) is 0 Å². The van der Waals surface area contributed by atoms with E-state index >= 15 is 0 Å². The molecule has 110 valence electrons. The molecule has 1 N–H and O–H groups in total. The van der Waals surface area contributed by atoms with Crippen LogP contribution in [0.4, 0.5) is 13.2 Å². The molecule has 0 radical (unpaired) electrons. The summed E-state index contributed by atoms with van der Waals surface area (Å²) >= 11 is 8.39. The van der Waals surface area contributed by atoms with Crippen molar-refractivity contribution >= 4 is 43.2 Å². The first-order valence-electron chi connectivity index (χ1n) is 5.66. The summed E-state index contributed by atoms with van der Waals surface area (Å²) in [6, 6.07) is 1.95. The second-order valence-corrected chi connectivity index (χ2v) is 7.60. The number of hydrogen-bond acceptors (Lipinski definition) is 3. The summed E-state index contributed by atoms with van der Waals surface area (Å²) in [5, 5.41) is 3.25. The SMILES string of the molecule is CCNC(CCOCC(F)(F)F)c1cc(Br)sc1Br. The third kappa shape index (κ3) is 6.57. The van der Waals surface area contributed by atoms with Gasteiger partial charge in [0.2, 0.25) is 0 Å². The summed E-state index contributed by atoms with van der Waals surface area (Å²) in [5.41, 5.74) is 1.04. The van der Waals surface area contributed by atoms with Crippen LogP contribution in [0, 0.1) is 0 Å². The third-order valence-corrected chi connectivity index (χ3v) is 4.71. The molecule has 0 fully saturated rings. The highest BCUT2D eigenvalue weighted by Gasteiger charge is 2.27. The first-order chi connectivity index (χ1) is 8.83. The molecule has 1 rings (SSSR count). The number of nitrogens with one attached hydrogen (secondary N) is 1. The molecule has 0 aliphatic rings. The summed E-state index contributed by atoms with van der Waals surface area (Å²) in [6.45, 7) is 1.57. The molecular weight excluding hydrogens is 411 g/mol. The predicted octanol–water partition coefficient (Wildman–Crippen LogP) is 4.89. The van der Waals surface area contributed by atoms with E-state index < -0.39 is 12.8 Å². The van der Waals surface area contributed by atoms with E-state index in [9.17, 15) is 13.2 Å². The molecule has 0 saturated carbocycles. The van der Waals surface area contributed by atoms with Crippen molar-refractivity contribution in [2.45, 2.75) is 25.6 Å². The Morgan fingerprint density at radius 2 is 2.11 bits per heavy atom. The van der Waals surface area contributed by atoms with Crippen LogP contribution < -0.4 is 5.32 Å². The number of halogens is 5. The van der Waals surface area contributed by atoms with Crippen LogP contribution in [0.5, 0.6) is 0 Å². The predicted molar refractivity (Wildman–Crippen MR) is 77.6 cm³/mol. The summed E-state index contributed by atoms with van der Waals surface area (Å²) < 4.78 is 42.5. The monoisotopic (exact) mass is 423 g/mol. The standard InChI is InChI=1S/C11H14Br2F3NOS/c1-2-17-8(3-4-18-6-11(14,15)16)7-5-9(12)19-10(7)13/h5,8,17H,2-4,6H2,1H3. The number of hydrogen-bond donors (Lipinski definition) is 1. The molecule has 1 aromatic heterocycles. The molecule has 0 spiro atoms. The van der Waals surface area contributed by atoms with Gasteiger partial charge in [0.25, 0.3) is 0 Å². The van der Waals surface area contributed by atoms with Crippen molar-refractivity contribution in [3.63, 3.8) is 0 Å². The van der Waals surface area contributed by atoms with Gasteiger partial charge in [-0.15, -0.1) is 11.3 Å². The van der Waals surface area contributed by atoms with E-state index in [0.29, 0.717) is 6.42 Å². The highest BCUT2D eigenvalue weighted by atomic mass is 79.9. The van der Waals surface area contributed by atoms with Crippen LogP contribution >= 0.6 is 43.2 Å². The van der Waals surface area contributed by atoms with Crippen molar-refractivity contribution in [2.24, 2.45) is 0 Å². The quantitative estimate of drug-likeness (QED) is 0.629. The fourth-order valence-electron chi connectivity index (χ4n) is 1.59. The molecule has 0 aromatic carbocycles. The van der Waals surface area contributed by atoms with Crippen molar-refractivity contribution in [3.05, 3.63) is 19.2 Å². The molecule has 0 aliphatic heterocycles. The van der Waals surface area contributed by atoms with Crippen LogP contribution in [-0.4, -0.2) is 25.9 Å². The average Bonchev–Trinajstić information content (AvgIpc) is 2.61. The highest BCUT2D eigenvalue weighted by molar-refractivity contribution is 9.12. The van der Waals surface area contributed by atoms with Gasteiger partial charge in [0.1, 0.15) is 6.61 Å². The fraction of sp³-hybridized carbons (Fsp3) is 0.636. The Labute approximate surface area is 131 Å². The van der Waals surface area contributed by atoms with Crippen molar-refractivity contribution in [1.29, 1.82) is 0 Å². The lowest BCUT2D eigenvalue weighted by atomic mass is 10.1. The Morgan fingerprint density at radius 1 is 1.42 bits per heavy atom. The van der Waals surface area contributed by atoms with E-state index in [1.165, 1.54) is 11.3 Å². The Hall–Kier alpha value is 0.370. The second kappa shape index (κ2) is 7.97. The molecule has 8 heteroatoms. The number of alkyl halides is 3. The molecule has 0 aliphatic carbocycles. The van der Waals surface area contributed by atoms with E-state index in [2.05, 4.69) is 41.9 Å². The number of rotatable bonds is 7. The summed E-state index contributed by atoms with van der Waals surface area (Å²) in [4.78, 5) is 0. The summed E-state index contributed by atoms with van der Waals surface area (Å²) in [7, 11) is 0. The molecule has 19 heavy (non-hydrogen) atoms. The Kier molecular flexibility index (Phi) is 7.31. The minimum absolute atomic E-state index is 0.0184. The average molecular weight is 425 g/mol. The molecule has 0 saturated heterocycles. The molecule has 0 amide bonds. The van der Waals surface area contributed by atoms with Crippen LogP contribution in [-0.2, 0) is 4.74 Å². The van der Waals surface area contributed by atoms with Gasteiger partial charge in [0, 0.05) is 12.6 Å². The van der Waals surface area contributed by atoms with Crippen molar-refractivity contribution in [1.82, 2.24) is 5.32 Å². The van der Waals surface area contributed by atoms with E-state index in [0.717, 1.165) is 19.7 Å². The molecule has 2 nitrogen and oxygen atoms in total. The van der Waals surface area contributed by atoms with Crippen LogP contribution in [0.25, 0.3) is 0 Å². The van der Waals surface area contributed by atoms with E-state index in [-0.39, 0.29) is 12.6 Å². The maximum atomic E-state index is 12.0. The Balaban J connectivity index is 2.52. The number of thiophene rings is 1. The van der Waals surface area contributed by atoms with Gasteiger partial charge in [0.05, 0.1) is 7.57 Å². The molecule has 1 atom stereocenters. The van der Waals surface area contributed by atoms with E-state index in [4.69, 9.17) is 0 Å². The highest BCUT2D eigenvalue weighted by Crippen LogP contribution is 2.36. The topological polar surface area (TPSA) is 21.3 Å². The third-order valence-electron chi connectivity index (χ3n) is 2.33. The molecule has 1 aromatic rings. The minimum Gasteiger partial charge on any atom is -0.372 e. The maximum Gasteiger partial charge on any atom is 0.411 e. The van der Waals surface area contributed by atoms with Gasteiger partial charge in [-0.25, -0.2) is 0 Å². The van der Waals surface area contributed by atoms with Gasteiger partial charge in [-0.1, -0.05) is 6.92 Å². The lowest BCUT2D eigenvalue weighted by Crippen LogP contribution is -2.24. The van der Waals surface area contributed by atoms with Crippen molar-refractivity contribution in [3.8, 4) is 0 Å². The molecule has 1 heterocycles. The normalized spacial score (nSPS) is 13.8. The first kappa shape index (κ1) is 17.4.